The number of carbonyl (C=O) groups excluding carboxylic acids is 1. The third-order valence-electron chi connectivity index (χ3n) is 2.15. The average molecular weight is 249 g/mol. The van der Waals surface area contributed by atoms with E-state index in [4.69, 9.17) is 16.3 Å². The van der Waals surface area contributed by atoms with Crippen molar-refractivity contribution in [3.05, 3.63) is 59.1 Å². The zero-order chi connectivity index (χ0) is 12.3. The molecule has 0 heterocycles. The van der Waals surface area contributed by atoms with Crippen molar-refractivity contribution >= 4 is 17.6 Å². The van der Waals surface area contributed by atoms with Gasteiger partial charge in [-0.25, -0.2) is 4.79 Å². The molecule has 86 valence electrons. The molecule has 0 unspecified atom stereocenters. The van der Waals surface area contributed by atoms with Crippen LogP contribution in [0.5, 0.6) is 11.5 Å². The SMILES string of the molecule is O=C(Oc1ccccc1)c1c(O)cccc1Cl. The van der Waals surface area contributed by atoms with Gasteiger partial charge in [0.1, 0.15) is 17.1 Å². The van der Waals surface area contributed by atoms with Crippen LogP contribution in [0.1, 0.15) is 10.4 Å². The maximum Gasteiger partial charge on any atom is 0.348 e. The molecule has 2 rings (SSSR count). The lowest BCUT2D eigenvalue weighted by Gasteiger charge is -2.06. The molecule has 17 heavy (non-hydrogen) atoms. The quantitative estimate of drug-likeness (QED) is 0.655. The second kappa shape index (κ2) is 4.89. The van der Waals surface area contributed by atoms with E-state index < -0.39 is 5.97 Å². The molecule has 0 fully saturated rings. The van der Waals surface area contributed by atoms with E-state index in [-0.39, 0.29) is 16.3 Å². The summed E-state index contributed by atoms with van der Waals surface area (Å²) in [4.78, 5) is 11.8. The molecule has 1 N–H and O–H groups in total. The van der Waals surface area contributed by atoms with E-state index in [1.54, 1.807) is 30.3 Å². The molecule has 3 nitrogen and oxygen atoms in total. The lowest BCUT2D eigenvalue weighted by molar-refractivity contribution is 0.0732. The van der Waals surface area contributed by atoms with Crippen LogP contribution in [0.3, 0.4) is 0 Å². The first kappa shape index (κ1) is 11.5. The molecule has 2 aromatic carbocycles. The number of aromatic hydroxyl groups is 1. The normalized spacial score (nSPS) is 9.94. The van der Waals surface area contributed by atoms with Crippen LogP contribution in [0.2, 0.25) is 5.02 Å². The summed E-state index contributed by atoms with van der Waals surface area (Å²) < 4.78 is 5.08. The third-order valence-corrected chi connectivity index (χ3v) is 2.46. The van der Waals surface area contributed by atoms with Crippen molar-refractivity contribution in [1.29, 1.82) is 0 Å². The second-order valence-corrected chi connectivity index (χ2v) is 3.74. The Morgan fingerprint density at radius 1 is 1.06 bits per heavy atom. The minimum Gasteiger partial charge on any atom is -0.507 e. The largest absolute Gasteiger partial charge is 0.507 e. The Hall–Kier alpha value is -2.00. The topological polar surface area (TPSA) is 46.5 Å². The van der Waals surface area contributed by atoms with Crippen LogP contribution in [-0.4, -0.2) is 11.1 Å². The number of para-hydroxylation sites is 1. The number of hydrogen-bond donors (Lipinski definition) is 1. The number of phenolic OH excluding ortho intramolecular Hbond substituents is 1. The fourth-order valence-corrected chi connectivity index (χ4v) is 1.61. The highest BCUT2D eigenvalue weighted by Crippen LogP contribution is 2.26. The maximum absolute atomic E-state index is 11.8. The van der Waals surface area contributed by atoms with E-state index in [0.29, 0.717) is 5.75 Å². The molecule has 0 aliphatic carbocycles. The highest BCUT2D eigenvalue weighted by Gasteiger charge is 2.17. The van der Waals surface area contributed by atoms with Crippen LogP contribution in [0.4, 0.5) is 0 Å². The van der Waals surface area contributed by atoms with Gasteiger partial charge < -0.3 is 9.84 Å². The van der Waals surface area contributed by atoms with Gasteiger partial charge in [0, 0.05) is 0 Å². The molecule has 0 bridgehead atoms. The van der Waals surface area contributed by atoms with Crippen molar-refractivity contribution in [1.82, 2.24) is 0 Å². The molecule has 0 saturated carbocycles. The number of hydrogen-bond acceptors (Lipinski definition) is 3. The molecule has 0 spiro atoms. The van der Waals surface area contributed by atoms with Gasteiger partial charge in [-0.15, -0.1) is 0 Å². The summed E-state index contributed by atoms with van der Waals surface area (Å²) in [5.74, 6) is -0.477. The monoisotopic (exact) mass is 248 g/mol. The Morgan fingerprint density at radius 2 is 1.76 bits per heavy atom. The summed E-state index contributed by atoms with van der Waals surface area (Å²) in [5, 5.41) is 9.71. The molecule has 0 radical (unpaired) electrons. The maximum atomic E-state index is 11.8. The zero-order valence-electron chi connectivity index (χ0n) is 8.76. The van der Waals surface area contributed by atoms with Gasteiger partial charge in [0.2, 0.25) is 0 Å². The first-order valence-corrected chi connectivity index (χ1v) is 5.31. The van der Waals surface area contributed by atoms with Gasteiger partial charge in [-0.3, -0.25) is 0 Å². The molecule has 0 aliphatic rings. The van der Waals surface area contributed by atoms with Crippen molar-refractivity contribution < 1.29 is 14.6 Å². The summed E-state index contributed by atoms with van der Waals surface area (Å²) in [5.41, 5.74) is -0.0296. The predicted octanol–water partition coefficient (Wildman–Crippen LogP) is 3.26. The molecular formula is C13H9ClO3. The molecule has 4 heteroatoms. The van der Waals surface area contributed by atoms with Crippen molar-refractivity contribution in [2.24, 2.45) is 0 Å². The first-order chi connectivity index (χ1) is 8.18. The van der Waals surface area contributed by atoms with E-state index in [2.05, 4.69) is 0 Å². The Morgan fingerprint density at radius 3 is 2.41 bits per heavy atom. The van der Waals surface area contributed by atoms with E-state index in [1.165, 1.54) is 12.1 Å². The van der Waals surface area contributed by atoms with Gasteiger partial charge in [0.25, 0.3) is 0 Å². The summed E-state index contributed by atoms with van der Waals surface area (Å²) in [6, 6.07) is 13.0. The molecular weight excluding hydrogens is 240 g/mol. The first-order valence-electron chi connectivity index (χ1n) is 4.93. The number of ether oxygens (including phenoxy) is 1. The van der Waals surface area contributed by atoms with Gasteiger partial charge in [-0.2, -0.15) is 0 Å². The Bertz CT molecular complexity index is 517. The number of esters is 1. The van der Waals surface area contributed by atoms with E-state index in [0.717, 1.165) is 0 Å². The molecule has 0 aromatic heterocycles. The highest BCUT2D eigenvalue weighted by atomic mass is 35.5. The van der Waals surface area contributed by atoms with Gasteiger partial charge in [0.05, 0.1) is 5.02 Å². The predicted molar refractivity (Wildman–Crippen MR) is 64.5 cm³/mol. The highest BCUT2D eigenvalue weighted by molar-refractivity contribution is 6.34. The van der Waals surface area contributed by atoms with Crippen molar-refractivity contribution in [2.75, 3.05) is 0 Å². The van der Waals surface area contributed by atoms with E-state index in [1.807, 2.05) is 6.07 Å². The second-order valence-electron chi connectivity index (χ2n) is 3.34. The summed E-state index contributed by atoms with van der Waals surface area (Å²) in [6.45, 7) is 0. The summed E-state index contributed by atoms with van der Waals surface area (Å²) in [6.07, 6.45) is 0. The van der Waals surface area contributed by atoms with Crippen molar-refractivity contribution in [2.45, 2.75) is 0 Å². The van der Waals surface area contributed by atoms with Gasteiger partial charge >= 0.3 is 5.97 Å². The lowest BCUT2D eigenvalue weighted by atomic mass is 10.2. The number of rotatable bonds is 2. The minimum atomic E-state index is -0.681. The van der Waals surface area contributed by atoms with Crippen LogP contribution >= 0.6 is 11.6 Å². The molecule has 2 aromatic rings. The molecule has 0 aliphatic heterocycles. The average Bonchev–Trinajstić information content (AvgIpc) is 2.30. The van der Waals surface area contributed by atoms with Crippen LogP contribution in [0.15, 0.2) is 48.5 Å². The summed E-state index contributed by atoms with van der Waals surface area (Å²) >= 11 is 5.83. The minimum absolute atomic E-state index is 0.0296. The Balaban J connectivity index is 2.27. The van der Waals surface area contributed by atoms with Gasteiger partial charge in [-0.1, -0.05) is 35.9 Å². The van der Waals surface area contributed by atoms with Crippen molar-refractivity contribution in [3.63, 3.8) is 0 Å². The Kier molecular flexibility index (Phi) is 3.30. The number of benzene rings is 2. The van der Waals surface area contributed by atoms with E-state index >= 15 is 0 Å². The molecule has 0 amide bonds. The fourth-order valence-electron chi connectivity index (χ4n) is 1.36. The molecule has 0 atom stereocenters. The standard InChI is InChI=1S/C13H9ClO3/c14-10-7-4-8-11(15)12(10)13(16)17-9-5-2-1-3-6-9/h1-8,15H. The molecule has 0 saturated heterocycles. The van der Waals surface area contributed by atoms with E-state index in [9.17, 15) is 9.90 Å². The van der Waals surface area contributed by atoms with Crippen molar-refractivity contribution in [3.8, 4) is 11.5 Å². The number of phenols is 1. The van der Waals surface area contributed by atoms with Gasteiger partial charge in [0.15, 0.2) is 0 Å². The van der Waals surface area contributed by atoms with Crippen LogP contribution in [0.25, 0.3) is 0 Å². The lowest BCUT2D eigenvalue weighted by Crippen LogP contribution is -2.09. The Labute approximate surface area is 103 Å². The fraction of sp³-hybridized carbons (Fsp3) is 0. The number of carbonyl (C=O) groups is 1. The number of halogens is 1. The van der Waals surface area contributed by atoms with Crippen LogP contribution in [0, 0.1) is 0 Å². The third kappa shape index (κ3) is 2.57. The smallest absolute Gasteiger partial charge is 0.348 e. The van der Waals surface area contributed by atoms with Crippen LogP contribution < -0.4 is 4.74 Å². The zero-order valence-corrected chi connectivity index (χ0v) is 9.52. The van der Waals surface area contributed by atoms with Crippen LogP contribution in [-0.2, 0) is 0 Å². The van der Waals surface area contributed by atoms with Gasteiger partial charge in [-0.05, 0) is 24.3 Å². The summed E-state index contributed by atoms with van der Waals surface area (Å²) in [7, 11) is 0.